The van der Waals surface area contributed by atoms with E-state index in [9.17, 15) is 0 Å². The first-order chi connectivity index (χ1) is 2.41. The number of hydrogen-bond acceptors (Lipinski definition) is 0. The largest absolute Gasteiger partial charge is 2.00 e. The number of allylic oxidation sites excluding steroid dienone is 1. The molecule has 0 heterocycles. The minimum absolute atomic E-state index is 0. The minimum atomic E-state index is 0. The molecule has 0 rings (SSSR count). The van der Waals surface area contributed by atoms with Gasteiger partial charge in [-0.3, -0.25) is 0 Å². The average molecular weight is 96.5 g/mol. The number of unbranched alkanes of at least 4 members (excludes halogenated alkanes) is 1. The molecule has 0 radical (unpaired) electrons. The molecule has 0 aromatic carbocycles. The van der Waals surface area contributed by atoms with E-state index in [4.69, 9.17) is 0 Å². The van der Waals surface area contributed by atoms with Crippen molar-refractivity contribution in [1.82, 2.24) is 0 Å². The van der Waals surface area contributed by atoms with Crippen LogP contribution in [0.5, 0.6) is 0 Å². The van der Waals surface area contributed by atoms with Crippen molar-refractivity contribution < 1.29 is 2.85 Å². The van der Waals surface area contributed by atoms with Crippen molar-refractivity contribution in [3.8, 4) is 0 Å². The first-order valence-corrected chi connectivity index (χ1v) is 2.02. The van der Waals surface area contributed by atoms with E-state index in [1.54, 1.807) is 0 Å². The van der Waals surface area contributed by atoms with Gasteiger partial charge in [0.25, 0.3) is 0 Å². The van der Waals surface area contributed by atoms with Gasteiger partial charge < -0.3 is 2.85 Å². The molecule has 0 aliphatic rings. The third-order valence-corrected chi connectivity index (χ3v) is 0.493. The van der Waals surface area contributed by atoms with Crippen LogP contribution in [0.15, 0.2) is 12.7 Å². The van der Waals surface area contributed by atoms with E-state index in [0.717, 1.165) is 6.42 Å². The van der Waals surface area contributed by atoms with Gasteiger partial charge in [-0.1, -0.05) is 19.4 Å². The molecule has 0 spiro atoms. The summed E-state index contributed by atoms with van der Waals surface area (Å²) in [4.78, 5) is 0. The van der Waals surface area contributed by atoms with Gasteiger partial charge in [-0.25, -0.2) is 0 Å². The van der Waals surface area contributed by atoms with Gasteiger partial charge in [0.15, 0.2) is 0 Å². The molecule has 0 fully saturated rings. The molecule has 0 saturated heterocycles. The van der Waals surface area contributed by atoms with Crippen LogP contribution in [0.1, 0.15) is 22.6 Å². The van der Waals surface area contributed by atoms with Crippen molar-refractivity contribution >= 4 is 23.1 Å². The first-order valence-electron chi connectivity index (χ1n) is 2.02. The SMILES string of the molecule is C=CCCC.[H-].[H-].[Mg+2]. The van der Waals surface area contributed by atoms with E-state index >= 15 is 0 Å². The molecule has 0 aromatic heterocycles. The second-order valence-electron chi connectivity index (χ2n) is 1.08. The van der Waals surface area contributed by atoms with E-state index in [2.05, 4.69) is 13.5 Å². The molecule has 0 amide bonds. The zero-order chi connectivity index (χ0) is 4.12. The Kier molecular flexibility index (Phi) is 14.7. The minimum Gasteiger partial charge on any atom is -1.00 e. The average Bonchev–Trinajstić information content (AvgIpc) is 1.41. The summed E-state index contributed by atoms with van der Waals surface area (Å²) in [5.74, 6) is 0. The molecule has 1 heteroatoms. The van der Waals surface area contributed by atoms with Gasteiger partial charge in [-0.05, 0) is 6.42 Å². The maximum atomic E-state index is 3.55. The Bertz CT molecular complexity index is 31.6. The van der Waals surface area contributed by atoms with Gasteiger partial charge in [-0.2, -0.15) is 0 Å². The van der Waals surface area contributed by atoms with E-state index in [0.29, 0.717) is 0 Å². The van der Waals surface area contributed by atoms with Crippen molar-refractivity contribution in [3.05, 3.63) is 12.7 Å². The van der Waals surface area contributed by atoms with Gasteiger partial charge >= 0.3 is 23.1 Å². The standard InChI is InChI=1S/C5H10.Mg.2H/c1-3-5-4-2;;;/h3H,1,4-5H2,2H3;;;/q;+2;2*-1. The van der Waals surface area contributed by atoms with Crippen molar-refractivity contribution in [2.24, 2.45) is 0 Å². The zero-order valence-corrected chi connectivity index (χ0v) is 5.82. The molecule has 6 heavy (non-hydrogen) atoms. The van der Waals surface area contributed by atoms with Crippen LogP contribution < -0.4 is 0 Å². The fraction of sp³-hybridized carbons (Fsp3) is 0.600. The van der Waals surface area contributed by atoms with Gasteiger partial charge in [0.1, 0.15) is 0 Å². The van der Waals surface area contributed by atoms with Crippen LogP contribution in [-0.2, 0) is 0 Å². The summed E-state index contributed by atoms with van der Waals surface area (Å²) in [5, 5.41) is 0. The summed E-state index contributed by atoms with van der Waals surface area (Å²) >= 11 is 0. The predicted octanol–water partition coefficient (Wildman–Crippen LogP) is 1.82. The van der Waals surface area contributed by atoms with Gasteiger partial charge in [0.05, 0.1) is 0 Å². The normalized spacial score (nSPS) is 6.17. The smallest absolute Gasteiger partial charge is 1.00 e. The summed E-state index contributed by atoms with van der Waals surface area (Å²) in [6, 6.07) is 0. The molecule has 0 atom stereocenters. The number of rotatable bonds is 2. The van der Waals surface area contributed by atoms with Crippen LogP contribution >= 0.6 is 0 Å². The summed E-state index contributed by atoms with van der Waals surface area (Å²) in [6.07, 6.45) is 4.31. The van der Waals surface area contributed by atoms with Crippen LogP contribution in [0, 0.1) is 0 Å². The summed E-state index contributed by atoms with van der Waals surface area (Å²) in [7, 11) is 0. The second kappa shape index (κ2) is 9.09. The third-order valence-electron chi connectivity index (χ3n) is 0.493. The van der Waals surface area contributed by atoms with Crippen LogP contribution in [0.25, 0.3) is 0 Å². The van der Waals surface area contributed by atoms with Crippen molar-refractivity contribution in [2.75, 3.05) is 0 Å². The quantitative estimate of drug-likeness (QED) is 0.363. The Hall–Kier alpha value is 0.506. The van der Waals surface area contributed by atoms with Crippen LogP contribution in [0.4, 0.5) is 0 Å². The molecular formula is C5H12Mg. The maximum absolute atomic E-state index is 3.55. The van der Waals surface area contributed by atoms with Crippen molar-refractivity contribution in [1.29, 1.82) is 0 Å². The predicted molar refractivity (Wildman–Crippen MR) is 33.1 cm³/mol. The van der Waals surface area contributed by atoms with E-state index < -0.39 is 0 Å². The zero-order valence-electron chi connectivity index (χ0n) is 6.41. The van der Waals surface area contributed by atoms with Gasteiger partial charge in [-0.15, -0.1) is 6.58 Å². The Balaban J connectivity index is -0.0000000267. The molecule has 0 nitrogen and oxygen atoms in total. The molecule has 0 aliphatic carbocycles. The molecular weight excluding hydrogens is 84.4 g/mol. The second-order valence-corrected chi connectivity index (χ2v) is 1.08. The molecule has 34 valence electrons. The van der Waals surface area contributed by atoms with Crippen LogP contribution in [0.3, 0.4) is 0 Å². The molecule has 0 saturated carbocycles. The molecule has 0 aromatic rings. The third kappa shape index (κ3) is 8.82. The Morgan fingerprint density at radius 3 is 2.33 bits per heavy atom. The van der Waals surface area contributed by atoms with Crippen LogP contribution in [-0.4, -0.2) is 23.1 Å². The van der Waals surface area contributed by atoms with Gasteiger partial charge in [0.2, 0.25) is 0 Å². The first kappa shape index (κ1) is 9.71. The Morgan fingerprint density at radius 1 is 1.83 bits per heavy atom. The van der Waals surface area contributed by atoms with E-state index in [1.807, 2.05) is 6.08 Å². The maximum Gasteiger partial charge on any atom is 2.00 e. The molecule has 0 aliphatic heterocycles. The topological polar surface area (TPSA) is 0 Å². The number of hydrogen-bond donors (Lipinski definition) is 0. The Morgan fingerprint density at radius 2 is 2.33 bits per heavy atom. The van der Waals surface area contributed by atoms with Gasteiger partial charge in [0, 0.05) is 0 Å². The fourth-order valence-electron chi connectivity index (χ4n) is 0.204. The summed E-state index contributed by atoms with van der Waals surface area (Å²) in [6.45, 7) is 5.69. The van der Waals surface area contributed by atoms with Crippen LogP contribution in [0.2, 0.25) is 0 Å². The molecule has 0 bridgehead atoms. The van der Waals surface area contributed by atoms with E-state index in [1.165, 1.54) is 6.42 Å². The monoisotopic (exact) mass is 96.1 g/mol. The summed E-state index contributed by atoms with van der Waals surface area (Å²) < 4.78 is 0. The molecule has 0 N–H and O–H groups in total. The fourth-order valence-corrected chi connectivity index (χ4v) is 0.204. The molecule has 0 unspecified atom stereocenters. The van der Waals surface area contributed by atoms with E-state index in [-0.39, 0.29) is 25.9 Å². The van der Waals surface area contributed by atoms with Crippen molar-refractivity contribution in [2.45, 2.75) is 19.8 Å². The Labute approximate surface area is 58.7 Å². The van der Waals surface area contributed by atoms with Crippen molar-refractivity contribution in [3.63, 3.8) is 0 Å². The summed E-state index contributed by atoms with van der Waals surface area (Å²) in [5.41, 5.74) is 0.